The molecule has 0 aliphatic heterocycles. The molecule has 0 unspecified atom stereocenters. The Bertz CT molecular complexity index is 595. The number of ether oxygens (including phenoxy) is 1. The van der Waals surface area contributed by atoms with E-state index in [9.17, 15) is 0 Å². The molecule has 0 fully saturated rings. The van der Waals surface area contributed by atoms with Gasteiger partial charge in [0, 0.05) is 5.56 Å². The Kier molecular flexibility index (Phi) is 3.27. The molecule has 0 amide bonds. The number of nitrogen functional groups attached to an aromatic ring is 1. The fraction of sp³-hybridized carbons (Fsp3) is 0.400. The molecule has 2 N–H and O–H groups in total. The fourth-order valence-corrected chi connectivity index (χ4v) is 2.18. The van der Waals surface area contributed by atoms with Crippen LogP contribution in [0.25, 0.3) is 11.1 Å². The number of hydrogen-bond donors (Lipinski definition) is 1. The van der Waals surface area contributed by atoms with E-state index in [1.165, 1.54) is 0 Å². The molecule has 4 heteroatoms. The van der Waals surface area contributed by atoms with Crippen molar-refractivity contribution >= 4 is 5.88 Å². The molecule has 1 aromatic carbocycles. The third-order valence-electron chi connectivity index (χ3n) is 3.24. The summed E-state index contributed by atoms with van der Waals surface area (Å²) < 4.78 is 10.4. The summed E-state index contributed by atoms with van der Waals surface area (Å²) in [5.41, 5.74) is 9.87. The number of nitrogens with zero attached hydrogens (tertiary/aromatic N) is 1. The van der Waals surface area contributed by atoms with E-state index >= 15 is 0 Å². The average Bonchev–Trinajstić information content (AvgIpc) is 2.73. The minimum atomic E-state index is -0.0142. The topological polar surface area (TPSA) is 61.3 Å². The summed E-state index contributed by atoms with van der Waals surface area (Å²) >= 11 is 0. The maximum absolute atomic E-state index is 5.81. The number of hydrogen-bond acceptors (Lipinski definition) is 4. The van der Waals surface area contributed by atoms with E-state index in [0.29, 0.717) is 5.88 Å². The lowest BCUT2D eigenvalue weighted by molar-refractivity contribution is 0.397. The zero-order valence-electron chi connectivity index (χ0n) is 12.1. The van der Waals surface area contributed by atoms with Crippen LogP contribution in [0.2, 0.25) is 0 Å². The van der Waals surface area contributed by atoms with Gasteiger partial charge >= 0.3 is 0 Å². The van der Waals surface area contributed by atoms with Gasteiger partial charge in [-0.25, -0.2) is 0 Å². The molecule has 19 heavy (non-hydrogen) atoms. The van der Waals surface area contributed by atoms with Gasteiger partial charge in [-0.15, -0.1) is 0 Å². The molecule has 0 saturated heterocycles. The minimum Gasteiger partial charge on any atom is -0.496 e. The molecule has 1 heterocycles. The maximum Gasteiger partial charge on any atom is 0.229 e. The van der Waals surface area contributed by atoms with E-state index < -0.39 is 0 Å². The van der Waals surface area contributed by atoms with E-state index in [1.807, 2.05) is 13.0 Å². The largest absolute Gasteiger partial charge is 0.496 e. The maximum atomic E-state index is 5.81. The van der Waals surface area contributed by atoms with Crippen molar-refractivity contribution in [2.45, 2.75) is 33.1 Å². The summed E-state index contributed by atoms with van der Waals surface area (Å²) in [7, 11) is 1.69. The van der Waals surface area contributed by atoms with Crippen molar-refractivity contribution in [2.24, 2.45) is 0 Å². The van der Waals surface area contributed by atoms with Gasteiger partial charge in [-0.3, -0.25) is 0 Å². The first-order chi connectivity index (χ1) is 8.84. The van der Waals surface area contributed by atoms with Gasteiger partial charge in [0.2, 0.25) is 5.88 Å². The monoisotopic (exact) mass is 260 g/mol. The Labute approximate surface area is 113 Å². The average molecular weight is 260 g/mol. The molecule has 0 bridgehead atoms. The van der Waals surface area contributed by atoms with Gasteiger partial charge in [-0.1, -0.05) is 25.9 Å². The molecule has 4 nitrogen and oxygen atoms in total. The highest BCUT2D eigenvalue weighted by Crippen LogP contribution is 2.38. The van der Waals surface area contributed by atoms with Crippen LogP contribution in [-0.2, 0) is 5.41 Å². The predicted molar refractivity (Wildman–Crippen MR) is 76.3 cm³/mol. The summed E-state index contributed by atoms with van der Waals surface area (Å²) in [4.78, 5) is 0. The lowest BCUT2D eigenvalue weighted by atomic mass is 9.83. The molecule has 2 aromatic rings. The van der Waals surface area contributed by atoms with Gasteiger partial charge in [0.25, 0.3) is 0 Å². The second-order valence-electron chi connectivity index (χ2n) is 5.72. The number of benzene rings is 1. The van der Waals surface area contributed by atoms with Crippen LogP contribution < -0.4 is 10.5 Å². The van der Waals surface area contributed by atoms with Crippen molar-refractivity contribution in [3.63, 3.8) is 0 Å². The van der Waals surface area contributed by atoms with Crippen molar-refractivity contribution in [1.82, 2.24) is 5.16 Å². The third-order valence-corrected chi connectivity index (χ3v) is 3.24. The van der Waals surface area contributed by atoms with Crippen LogP contribution in [0.4, 0.5) is 5.88 Å². The van der Waals surface area contributed by atoms with Crippen LogP contribution in [0.3, 0.4) is 0 Å². The Hall–Kier alpha value is -1.97. The summed E-state index contributed by atoms with van der Waals surface area (Å²) in [6, 6.07) is 4.14. The van der Waals surface area contributed by atoms with Crippen molar-refractivity contribution in [3.8, 4) is 16.9 Å². The molecule has 2 rings (SSSR count). The van der Waals surface area contributed by atoms with Crippen molar-refractivity contribution in [2.75, 3.05) is 12.8 Å². The first kappa shape index (κ1) is 13.5. The lowest BCUT2D eigenvalue weighted by Crippen LogP contribution is -2.13. The van der Waals surface area contributed by atoms with E-state index in [2.05, 4.69) is 32.0 Å². The van der Waals surface area contributed by atoms with Gasteiger partial charge in [0.15, 0.2) is 0 Å². The number of aryl methyl sites for hydroxylation is 1. The highest BCUT2D eigenvalue weighted by atomic mass is 16.5. The highest BCUT2D eigenvalue weighted by molar-refractivity contribution is 5.76. The van der Waals surface area contributed by atoms with E-state index in [4.69, 9.17) is 15.0 Å². The quantitative estimate of drug-likeness (QED) is 0.897. The number of aromatic nitrogens is 1. The predicted octanol–water partition coefficient (Wildman–Crippen LogP) is 3.54. The molecular weight excluding hydrogens is 240 g/mol. The van der Waals surface area contributed by atoms with Crippen molar-refractivity contribution in [1.29, 1.82) is 0 Å². The van der Waals surface area contributed by atoms with Gasteiger partial charge in [-0.05, 0) is 35.6 Å². The molecule has 102 valence electrons. The van der Waals surface area contributed by atoms with Crippen LogP contribution in [0.15, 0.2) is 22.9 Å². The normalized spacial score (nSPS) is 11.6. The molecule has 0 radical (unpaired) electrons. The zero-order valence-corrected chi connectivity index (χ0v) is 12.1. The van der Waals surface area contributed by atoms with E-state index in [0.717, 1.165) is 28.0 Å². The first-order valence-corrected chi connectivity index (χ1v) is 6.24. The van der Waals surface area contributed by atoms with E-state index in [-0.39, 0.29) is 5.41 Å². The fourth-order valence-electron chi connectivity index (χ4n) is 2.18. The summed E-state index contributed by atoms with van der Waals surface area (Å²) in [6.07, 6.45) is 1.65. The summed E-state index contributed by atoms with van der Waals surface area (Å²) in [5, 5.41) is 3.74. The Morgan fingerprint density at radius 2 is 1.89 bits per heavy atom. The zero-order chi connectivity index (χ0) is 14.2. The van der Waals surface area contributed by atoms with Crippen molar-refractivity contribution in [3.05, 3.63) is 29.5 Å². The Morgan fingerprint density at radius 3 is 2.37 bits per heavy atom. The smallest absolute Gasteiger partial charge is 0.229 e. The van der Waals surface area contributed by atoms with Gasteiger partial charge in [0.05, 0.1) is 18.9 Å². The summed E-state index contributed by atoms with van der Waals surface area (Å²) in [6.45, 7) is 8.49. The Morgan fingerprint density at radius 1 is 1.21 bits per heavy atom. The molecular formula is C15H20N2O2. The van der Waals surface area contributed by atoms with Crippen LogP contribution in [-0.4, -0.2) is 12.3 Å². The summed E-state index contributed by atoms with van der Waals surface area (Å²) in [5.74, 6) is 1.23. The molecule has 0 aliphatic rings. The van der Waals surface area contributed by atoms with Crippen LogP contribution in [0.1, 0.15) is 31.9 Å². The highest BCUT2D eigenvalue weighted by Gasteiger charge is 2.22. The number of anilines is 1. The second kappa shape index (κ2) is 4.61. The molecule has 0 atom stereocenters. The number of nitrogens with two attached hydrogens (primary N) is 1. The van der Waals surface area contributed by atoms with Crippen LogP contribution >= 0.6 is 0 Å². The standard InChI is InChI=1S/C15H20N2O2/c1-9-6-13(18-5)12(15(2,3)4)7-10(9)11-8-17-19-14(11)16/h6-8H,16H2,1-5H3. The van der Waals surface area contributed by atoms with E-state index in [1.54, 1.807) is 13.3 Å². The van der Waals surface area contributed by atoms with Gasteiger partial charge in [-0.2, -0.15) is 0 Å². The molecule has 1 aromatic heterocycles. The third kappa shape index (κ3) is 2.43. The van der Waals surface area contributed by atoms with Crippen LogP contribution in [0.5, 0.6) is 5.75 Å². The molecule has 0 saturated carbocycles. The minimum absolute atomic E-state index is 0.0142. The Balaban J connectivity index is 2.68. The molecule has 0 spiro atoms. The molecule has 0 aliphatic carbocycles. The van der Waals surface area contributed by atoms with Gasteiger partial charge < -0.3 is 15.0 Å². The number of methoxy groups -OCH3 is 1. The van der Waals surface area contributed by atoms with Crippen molar-refractivity contribution < 1.29 is 9.26 Å². The van der Waals surface area contributed by atoms with Gasteiger partial charge in [0.1, 0.15) is 5.75 Å². The van der Waals surface area contributed by atoms with Crippen LogP contribution in [0, 0.1) is 6.92 Å². The second-order valence-corrected chi connectivity index (χ2v) is 5.72. The lowest BCUT2D eigenvalue weighted by Gasteiger charge is -2.23. The first-order valence-electron chi connectivity index (χ1n) is 6.24. The SMILES string of the molecule is COc1cc(C)c(-c2cnoc2N)cc1C(C)(C)C. The number of rotatable bonds is 2.